The molecule has 0 saturated carbocycles. The molecule has 6 rings (SSSR count). The van der Waals surface area contributed by atoms with Gasteiger partial charge in [-0.25, -0.2) is 10.6 Å². The number of methoxy groups -OCH3 is 1. The number of carbonyl (C=O) groups is 2. The number of pyridine rings is 1. The largest absolute Gasteiger partial charge is 0.507 e. The first-order valence-electron chi connectivity index (χ1n) is 14.3. The number of anilines is 1. The van der Waals surface area contributed by atoms with Gasteiger partial charge in [-0.05, 0) is 44.4 Å². The number of nitrogens with one attached hydrogen (secondary N) is 1. The third kappa shape index (κ3) is 7.66. The van der Waals surface area contributed by atoms with Crippen molar-refractivity contribution < 1.29 is 34.4 Å². The SMILES string of the molecule is COc1c(C)c2c(c(O)c1C/C=C(\C)CCC(=O)O)C(=O)OC2.NNc1nncc2ccccc12.Oc1cccc2cccnc12. The van der Waals surface area contributed by atoms with Crippen LogP contribution in [0.15, 0.2) is 78.6 Å². The Kier molecular flexibility index (Phi) is 11.0. The van der Waals surface area contributed by atoms with Crippen LogP contribution >= 0.6 is 0 Å². The van der Waals surface area contributed by atoms with Crippen LogP contribution < -0.4 is 16.0 Å². The first-order valence-corrected chi connectivity index (χ1v) is 14.3. The van der Waals surface area contributed by atoms with Crippen LogP contribution in [0.4, 0.5) is 5.82 Å². The number of allylic oxidation sites excluding steroid dienone is 2. The number of esters is 1. The monoisotopic (exact) mass is 625 g/mol. The molecule has 0 unspecified atom stereocenters. The number of carbonyl (C=O) groups excluding carboxylic acids is 1. The lowest BCUT2D eigenvalue weighted by Crippen LogP contribution is -2.09. The second-order valence-corrected chi connectivity index (χ2v) is 10.3. The van der Waals surface area contributed by atoms with Gasteiger partial charge in [0.25, 0.3) is 0 Å². The van der Waals surface area contributed by atoms with E-state index in [0.29, 0.717) is 41.1 Å². The van der Waals surface area contributed by atoms with Crippen LogP contribution in [-0.4, -0.2) is 49.5 Å². The van der Waals surface area contributed by atoms with Crippen LogP contribution in [0.5, 0.6) is 17.2 Å². The number of aliphatic carboxylic acids is 1. The molecule has 238 valence electrons. The Morgan fingerprint density at radius 1 is 1.09 bits per heavy atom. The molecule has 46 heavy (non-hydrogen) atoms. The number of cyclic esters (lactones) is 1. The third-order valence-electron chi connectivity index (χ3n) is 7.35. The second-order valence-electron chi connectivity index (χ2n) is 10.3. The van der Waals surface area contributed by atoms with Crippen molar-refractivity contribution in [3.8, 4) is 17.2 Å². The fraction of sp³-hybridized carbons (Fsp3) is 0.206. The minimum Gasteiger partial charge on any atom is -0.507 e. The highest BCUT2D eigenvalue weighted by atomic mass is 16.5. The second kappa shape index (κ2) is 15.3. The van der Waals surface area contributed by atoms with E-state index < -0.39 is 11.9 Å². The summed E-state index contributed by atoms with van der Waals surface area (Å²) in [4.78, 5) is 26.4. The number of aromatic hydroxyl groups is 2. The number of nitrogen functional groups attached to an aromatic ring is 1. The summed E-state index contributed by atoms with van der Waals surface area (Å²) in [6, 6.07) is 16.9. The van der Waals surface area contributed by atoms with Crippen LogP contribution in [0.1, 0.15) is 46.8 Å². The van der Waals surface area contributed by atoms with E-state index in [1.165, 1.54) is 7.11 Å². The highest BCUT2D eigenvalue weighted by Gasteiger charge is 2.31. The number of benzene rings is 3. The summed E-state index contributed by atoms with van der Waals surface area (Å²) in [6.45, 7) is 3.79. The van der Waals surface area contributed by atoms with Crippen LogP contribution in [0.3, 0.4) is 0 Å². The normalized spacial score (nSPS) is 11.9. The number of aromatic nitrogens is 3. The number of phenols is 2. The number of carboxylic acid groups (broad SMARTS) is 1. The average Bonchev–Trinajstić information content (AvgIpc) is 3.47. The van der Waals surface area contributed by atoms with E-state index in [1.807, 2.05) is 62.4 Å². The number of ether oxygens (including phenoxy) is 2. The number of para-hydroxylation sites is 1. The molecule has 3 heterocycles. The van der Waals surface area contributed by atoms with Crippen molar-refractivity contribution in [3.63, 3.8) is 0 Å². The van der Waals surface area contributed by atoms with E-state index in [9.17, 15) is 19.8 Å². The van der Waals surface area contributed by atoms with Crippen molar-refractivity contribution in [2.24, 2.45) is 5.84 Å². The number of rotatable bonds is 7. The number of hydrazine groups is 1. The Bertz CT molecular complexity index is 1900. The van der Waals surface area contributed by atoms with Crippen LogP contribution in [0.25, 0.3) is 21.7 Å². The van der Waals surface area contributed by atoms with Crippen LogP contribution in [0.2, 0.25) is 0 Å². The lowest BCUT2D eigenvalue weighted by atomic mass is 9.94. The molecule has 0 amide bonds. The van der Waals surface area contributed by atoms with Gasteiger partial charge in [-0.3, -0.25) is 9.78 Å². The Balaban J connectivity index is 0.000000173. The average molecular weight is 626 g/mol. The third-order valence-corrected chi connectivity index (χ3v) is 7.35. The van der Waals surface area contributed by atoms with Gasteiger partial charge in [0, 0.05) is 39.9 Å². The molecule has 1 aliphatic rings. The van der Waals surface area contributed by atoms with Crippen molar-refractivity contribution in [3.05, 3.63) is 101 Å². The predicted molar refractivity (Wildman–Crippen MR) is 174 cm³/mol. The van der Waals surface area contributed by atoms with E-state index in [4.69, 9.17) is 20.4 Å². The Morgan fingerprint density at radius 2 is 1.83 bits per heavy atom. The minimum atomic E-state index is -0.853. The standard InChI is InChI=1S/C17H20O6.C9H7NO.C8H8N4/c1-9(5-7-13(18)19)4-6-11-15(20)14-12(8-23-17(14)21)10(2)16(11)22-3;11-8-5-1-3-7-4-2-6-10-9(7)8;9-11-8-7-4-2-1-3-6(7)5-10-12-8/h4,20H,5-8H2,1-3H3,(H,18,19);1-6,11H;1-5H,9H2,(H,11,12)/b9-4+;;. The van der Waals surface area contributed by atoms with Gasteiger partial charge >= 0.3 is 11.9 Å². The molecule has 0 bridgehead atoms. The molecule has 0 aliphatic carbocycles. The zero-order valence-corrected chi connectivity index (χ0v) is 25.7. The number of nitrogens with two attached hydrogens (primary N) is 1. The number of fused-ring (bicyclic) bond motifs is 3. The number of nitrogens with zero attached hydrogens (tertiary/aromatic N) is 3. The van der Waals surface area contributed by atoms with Gasteiger partial charge in [-0.2, -0.15) is 5.10 Å². The quantitative estimate of drug-likeness (QED) is 0.0653. The molecule has 0 saturated heterocycles. The molecule has 0 atom stereocenters. The molecule has 2 aromatic heterocycles. The number of hydrogen-bond acceptors (Lipinski definition) is 11. The molecule has 0 fully saturated rings. The minimum absolute atomic E-state index is 0.0565. The zero-order valence-electron chi connectivity index (χ0n) is 25.7. The highest BCUT2D eigenvalue weighted by molar-refractivity contribution is 5.98. The molecule has 3 aromatic carbocycles. The van der Waals surface area contributed by atoms with Gasteiger partial charge in [0.1, 0.15) is 34.9 Å². The van der Waals surface area contributed by atoms with Gasteiger partial charge in [-0.1, -0.05) is 54.1 Å². The summed E-state index contributed by atoms with van der Waals surface area (Å²) < 4.78 is 10.4. The van der Waals surface area contributed by atoms with Crippen molar-refractivity contribution in [1.82, 2.24) is 15.2 Å². The maximum absolute atomic E-state index is 11.8. The summed E-state index contributed by atoms with van der Waals surface area (Å²) in [5.41, 5.74) is 6.20. The summed E-state index contributed by atoms with van der Waals surface area (Å²) in [7, 11) is 1.51. The fourth-order valence-corrected chi connectivity index (χ4v) is 4.93. The zero-order chi connectivity index (χ0) is 33.2. The number of hydrogen-bond donors (Lipinski definition) is 5. The van der Waals surface area contributed by atoms with E-state index in [1.54, 1.807) is 24.5 Å². The van der Waals surface area contributed by atoms with Crippen LogP contribution in [-0.2, 0) is 22.6 Å². The van der Waals surface area contributed by atoms with E-state index in [0.717, 1.165) is 27.3 Å². The van der Waals surface area contributed by atoms with Crippen LogP contribution in [0, 0.1) is 6.92 Å². The molecule has 6 N–H and O–H groups in total. The van der Waals surface area contributed by atoms with Crippen molar-refractivity contribution in [2.45, 2.75) is 39.7 Å². The smallest absolute Gasteiger partial charge is 0.342 e. The maximum atomic E-state index is 11.8. The van der Waals surface area contributed by atoms with Crippen molar-refractivity contribution in [2.75, 3.05) is 12.5 Å². The topological polar surface area (TPSA) is 190 Å². The number of phenolic OH excluding ortho intramolecular Hbond substituents is 2. The molecule has 0 radical (unpaired) electrons. The van der Waals surface area contributed by atoms with Crippen molar-refractivity contribution >= 4 is 39.4 Å². The molecule has 12 heteroatoms. The summed E-state index contributed by atoms with van der Waals surface area (Å²) in [5.74, 6) is 5.13. The Hall–Kier alpha value is -5.75. The molecule has 12 nitrogen and oxygen atoms in total. The summed E-state index contributed by atoms with van der Waals surface area (Å²) in [6.07, 6.45) is 6.05. The van der Waals surface area contributed by atoms with Gasteiger partial charge in [-0.15, -0.1) is 5.10 Å². The van der Waals surface area contributed by atoms with E-state index in [-0.39, 0.29) is 30.1 Å². The first kappa shape index (κ1) is 33.1. The van der Waals surface area contributed by atoms with Crippen molar-refractivity contribution in [1.29, 1.82) is 0 Å². The highest BCUT2D eigenvalue weighted by Crippen LogP contribution is 2.42. The van der Waals surface area contributed by atoms with Gasteiger partial charge in [0.05, 0.1) is 13.3 Å². The maximum Gasteiger partial charge on any atom is 0.342 e. The lowest BCUT2D eigenvalue weighted by molar-refractivity contribution is -0.136. The van der Waals surface area contributed by atoms with Gasteiger partial charge in [0.2, 0.25) is 0 Å². The van der Waals surface area contributed by atoms with Gasteiger partial charge in [0.15, 0.2) is 5.82 Å². The molecule has 0 spiro atoms. The van der Waals surface area contributed by atoms with E-state index in [2.05, 4.69) is 20.6 Å². The molecule has 1 aliphatic heterocycles. The van der Waals surface area contributed by atoms with E-state index >= 15 is 0 Å². The summed E-state index contributed by atoms with van der Waals surface area (Å²) >= 11 is 0. The lowest BCUT2D eigenvalue weighted by Gasteiger charge is -2.15. The Morgan fingerprint density at radius 3 is 2.54 bits per heavy atom. The fourth-order valence-electron chi connectivity index (χ4n) is 4.93. The predicted octanol–water partition coefficient (Wildman–Crippen LogP) is 5.59. The van der Waals surface area contributed by atoms with Gasteiger partial charge < -0.3 is 30.2 Å². The first-order chi connectivity index (χ1) is 22.2. The molecular weight excluding hydrogens is 590 g/mol. The Labute approximate surface area is 265 Å². The molecule has 5 aromatic rings. The summed E-state index contributed by atoms with van der Waals surface area (Å²) in [5, 5.41) is 39.1. The molecular formula is C34H35N5O7. The number of carboxylic acids is 1.